The highest BCUT2D eigenvalue weighted by atomic mass is 16.2. The summed E-state index contributed by atoms with van der Waals surface area (Å²) in [4.78, 5) is 48.9. The van der Waals surface area contributed by atoms with E-state index in [0.717, 1.165) is 4.90 Å². The van der Waals surface area contributed by atoms with Crippen molar-refractivity contribution in [3.05, 3.63) is 35.4 Å². The number of carbonyl (C=O) groups is 4. The van der Waals surface area contributed by atoms with Gasteiger partial charge in [-0.1, -0.05) is 19.1 Å². The molecule has 1 fully saturated rings. The molecule has 0 bridgehead atoms. The largest absolute Gasteiger partial charge is 0.295 e. The summed E-state index contributed by atoms with van der Waals surface area (Å²) in [7, 11) is 0. The van der Waals surface area contributed by atoms with Crippen LogP contribution >= 0.6 is 0 Å². The number of piperidine rings is 1. The van der Waals surface area contributed by atoms with E-state index in [1.54, 1.807) is 31.2 Å². The van der Waals surface area contributed by atoms with Gasteiger partial charge in [-0.15, -0.1) is 0 Å². The molecular weight excluding hydrogens is 260 g/mol. The van der Waals surface area contributed by atoms with E-state index in [1.807, 2.05) is 0 Å². The van der Waals surface area contributed by atoms with Gasteiger partial charge in [0.15, 0.2) is 0 Å². The van der Waals surface area contributed by atoms with Crippen LogP contribution in [0.1, 0.15) is 34.1 Å². The summed E-state index contributed by atoms with van der Waals surface area (Å²) in [6, 6.07) is 5.53. The zero-order valence-electron chi connectivity index (χ0n) is 10.8. The third-order valence-corrected chi connectivity index (χ3v) is 3.68. The number of hydrogen-bond donors (Lipinski definition) is 1. The molecular formula is C14H12N2O4. The molecule has 6 heteroatoms. The predicted molar refractivity (Wildman–Crippen MR) is 67.7 cm³/mol. The van der Waals surface area contributed by atoms with Crippen LogP contribution < -0.4 is 5.32 Å². The zero-order valence-corrected chi connectivity index (χ0v) is 10.8. The van der Waals surface area contributed by atoms with Crippen LogP contribution in [0.15, 0.2) is 24.3 Å². The van der Waals surface area contributed by atoms with Crippen LogP contribution in [0.4, 0.5) is 0 Å². The monoisotopic (exact) mass is 272 g/mol. The summed E-state index contributed by atoms with van der Waals surface area (Å²) in [5.41, 5.74) is 0.601. The van der Waals surface area contributed by atoms with Crippen LogP contribution in [0.5, 0.6) is 0 Å². The van der Waals surface area contributed by atoms with Crippen LogP contribution in [0.25, 0.3) is 0 Å². The Hall–Kier alpha value is -2.50. The van der Waals surface area contributed by atoms with E-state index in [-0.39, 0.29) is 12.3 Å². The lowest BCUT2D eigenvalue weighted by Gasteiger charge is -2.32. The maximum atomic E-state index is 12.3. The topological polar surface area (TPSA) is 83.6 Å². The summed E-state index contributed by atoms with van der Waals surface area (Å²) in [5, 5.41) is 2.18. The minimum Gasteiger partial charge on any atom is -0.295 e. The first-order valence-electron chi connectivity index (χ1n) is 6.31. The number of nitrogens with one attached hydrogen (secondary N) is 1. The number of benzene rings is 1. The van der Waals surface area contributed by atoms with Crippen molar-refractivity contribution in [2.75, 3.05) is 0 Å². The van der Waals surface area contributed by atoms with Crippen LogP contribution in [0, 0.1) is 5.92 Å². The summed E-state index contributed by atoms with van der Waals surface area (Å²) < 4.78 is 0. The van der Waals surface area contributed by atoms with E-state index in [0.29, 0.717) is 11.1 Å². The van der Waals surface area contributed by atoms with E-state index in [4.69, 9.17) is 0 Å². The highest BCUT2D eigenvalue weighted by Gasteiger charge is 2.47. The molecule has 0 saturated carbocycles. The molecule has 0 unspecified atom stereocenters. The molecule has 0 aliphatic carbocycles. The first-order valence-corrected chi connectivity index (χ1v) is 6.31. The van der Waals surface area contributed by atoms with Gasteiger partial charge in [0.1, 0.15) is 6.04 Å². The molecule has 1 N–H and O–H groups in total. The molecule has 6 nitrogen and oxygen atoms in total. The molecule has 0 radical (unpaired) electrons. The smallest absolute Gasteiger partial charge is 0.262 e. The predicted octanol–water partition coefficient (Wildman–Crippen LogP) is 0.334. The fourth-order valence-electron chi connectivity index (χ4n) is 2.76. The highest BCUT2D eigenvalue weighted by molar-refractivity contribution is 6.23. The molecule has 2 aliphatic heterocycles. The molecule has 0 aromatic heterocycles. The molecule has 3 rings (SSSR count). The third kappa shape index (κ3) is 1.65. The second kappa shape index (κ2) is 4.26. The molecule has 1 aromatic rings. The minimum atomic E-state index is -0.930. The SMILES string of the molecule is C[C@H]1CC(=O)NC(=O)[C@H]1N1C(=O)c2ccccc2C1=O. The fourth-order valence-corrected chi connectivity index (χ4v) is 2.76. The second-order valence-corrected chi connectivity index (χ2v) is 5.06. The third-order valence-electron chi connectivity index (χ3n) is 3.68. The van der Waals surface area contributed by atoms with Gasteiger partial charge in [-0.05, 0) is 18.1 Å². The Morgan fingerprint density at radius 1 is 1.05 bits per heavy atom. The van der Waals surface area contributed by atoms with Crippen LogP contribution in [-0.4, -0.2) is 34.6 Å². The molecule has 1 saturated heterocycles. The molecule has 102 valence electrons. The summed E-state index contributed by atoms with van der Waals surface area (Å²) in [5.74, 6) is -2.32. The zero-order chi connectivity index (χ0) is 14.4. The van der Waals surface area contributed by atoms with Crippen molar-refractivity contribution >= 4 is 23.6 Å². The Bertz CT molecular complexity index is 617. The van der Waals surface area contributed by atoms with Crippen molar-refractivity contribution < 1.29 is 19.2 Å². The van der Waals surface area contributed by atoms with E-state index in [1.165, 1.54) is 0 Å². The van der Waals surface area contributed by atoms with Gasteiger partial charge in [-0.3, -0.25) is 29.4 Å². The van der Waals surface area contributed by atoms with Crippen molar-refractivity contribution in [3.8, 4) is 0 Å². The lowest BCUT2D eigenvalue weighted by atomic mass is 9.92. The van der Waals surface area contributed by atoms with Crippen LogP contribution in [0.3, 0.4) is 0 Å². The molecule has 2 aliphatic rings. The number of amides is 4. The van der Waals surface area contributed by atoms with E-state index in [9.17, 15) is 19.2 Å². The van der Waals surface area contributed by atoms with Gasteiger partial charge >= 0.3 is 0 Å². The number of carbonyl (C=O) groups excluding carboxylic acids is 4. The number of nitrogens with zero attached hydrogens (tertiary/aromatic N) is 1. The highest BCUT2D eigenvalue weighted by Crippen LogP contribution is 2.29. The Morgan fingerprint density at radius 2 is 1.60 bits per heavy atom. The maximum Gasteiger partial charge on any atom is 0.262 e. The van der Waals surface area contributed by atoms with Gasteiger partial charge in [0.25, 0.3) is 11.8 Å². The quantitative estimate of drug-likeness (QED) is 0.747. The number of hydrogen-bond acceptors (Lipinski definition) is 4. The summed E-state index contributed by atoms with van der Waals surface area (Å²) in [6.07, 6.45) is 0.115. The number of imide groups is 2. The molecule has 0 spiro atoms. The second-order valence-electron chi connectivity index (χ2n) is 5.06. The van der Waals surface area contributed by atoms with E-state index < -0.39 is 29.7 Å². The lowest BCUT2D eigenvalue weighted by molar-refractivity contribution is -0.138. The van der Waals surface area contributed by atoms with Gasteiger partial charge in [-0.2, -0.15) is 0 Å². The Labute approximate surface area is 114 Å². The Balaban J connectivity index is 2.00. The average Bonchev–Trinajstić information content (AvgIpc) is 2.64. The molecule has 4 amide bonds. The lowest BCUT2D eigenvalue weighted by Crippen LogP contribution is -2.58. The van der Waals surface area contributed by atoms with Crippen LogP contribution in [-0.2, 0) is 9.59 Å². The van der Waals surface area contributed by atoms with Crippen molar-refractivity contribution in [2.24, 2.45) is 5.92 Å². The van der Waals surface area contributed by atoms with Gasteiger partial charge in [-0.25, -0.2) is 0 Å². The van der Waals surface area contributed by atoms with Gasteiger partial charge in [0.2, 0.25) is 11.8 Å². The van der Waals surface area contributed by atoms with E-state index in [2.05, 4.69) is 5.32 Å². The van der Waals surface area contributed by atoms with E-state index >= 15 is 0 Å². The molecule has 1 aromatic carbocycles. The van der Waals surface area contributed by atoms with Crippen molar-refractivity contribution in [2.45, 2.75) is 19.4 Å². The first-order chi connectivity index (χ1) is 9.50. The number of fused-ring (bicyclic) bond motifs is 1. The summed E-state index contributed by atoms with van der Waals surface area (Å²) in [6.45, 7) is 1.69. The summed E-state index contributed by atoms with van der Waals surface area (Å²) >= 11 is 0. The number of rotatable bonds is 1. The average molecular weight is 272 g/mol. The minimum absolute atomic E-state index is 0.115. The van der Waals surface area contributed by atoms with Gasteiger partial charge < -0.3 is 0 Å². The fraction of sp³-hybridized carbons (Fsp3) is 0.286. The maximum absolute atomic E-state index is 12.3. The molecule has 2 heterocycles. The Kier molecular flexibility index (Phi) is 2.67. The first kappa shape index (κ1) is 12.5. The Morgan fingerprint density at radius 3 is 2.10 bits per heavy atom. The molecule has 2 atom stereocenters. The van der Waals surface area contributed by atoms with Gasteiger partial charge in [0, 0.05) is 6.42 Å². The standard InChI is InChI=1S/C14H12N2O4/c1-7-6-10(17)15-12(18)11(7)16-13(19)8-4-2-3-5-9(8)14(16)20/h2-5,7,11H,6H2,1H3,(H,15,17,18)/t7-,11-/m0/s1. The van der Waals surface area contributed by atoms with Gasteiger partial charge in [0.05, 0.1) is 11.1 Å². The van der Waals surface area contributed by atoms with Crippen molar-refractivity contribution in [3.63, 3.8) is 0 Å². The normalized spacial score (nSPS) is 25.8. The van der Waals surface area contributed by atoms with Crippen LogP contribution in [0.2, 0.25) is 0 Å². The van der Waals surface area contributed by atoms with Crippen molar-refractivity contribution in [1.82, 2.24) is 10.2 Å². The van der Waals surface area contributed by atoms with Crippen molar-refractivity contribution in [1.29, 1.82) is 0 Å². The molecule has 20 heavy (non-hydrogen) atoms.